The van der Waals surface area contributed by atoms with Crippen molar-refractivity contribution in [1.29, 1.82) is 0 Å². The van der Waals surface area contributed by atoms with Gasteiger partial charge in [0.25, 0.3) is 5.91 Å². The second kappa shape index (κ2) is 6.07. The van der Waals surface area contributed by atoms with E-state index < -0.39 is 10.0 Å². The minimum atomic E-state index is -3.52. The molecule has 2 rings (SSSR count). The van der Waals surface area contributed by atoms with Crippen molar-refractivity contribution in [2.24, 2.45) is 0 Å². The van der Waals surface area contributed by atoms with Gasteiger partial charge in [-0.2, -0.15) is 0 Å². The number of halogens is 2. The summed E-state index contributed by atoms with van der Waals surface area (Å²) in [7, 11) is -3.52. The SMILES string of the molecule is O=C1COc2cc(NS(=O)(=O)CCCCl)c(Cl)cc2N1. The Balaban J connectivity index is 2.23. The first-order chi connectivity index (χ1) is 9.41. The zero-order valence-corrected chi connectivity index (χ0v) is 12.6. The summed E-state index contributed by atoms with van der Waals surface area (Å²) < 4.78 is 31.2. The van der Waals surface area contributed by atoms with Gasteiger partial charge in [-0.25, -0.2) is 8.42 Å². The van der Waals surface area contributed by atoms with Crippen molar-refractivity contribution in [3.05, 3.63) is 17.2 Å². The Morgan fingerprint density at radius 3 is 2.85 bits per heavy atom. The van der Waals surface area contributed by atoms with E-state index in [0.717, 1.165) is 0 Å². The Morgan fingerprint density at radius 2 is 2.15 bits per heavy atom. The van der Waals surface area contributed by atoms with E-state index in [-0.39, 0.29) is 34.9 Å². The Bertz CT molecular complexity index is 634. The standard InChI is InChI=1S/C11H12Cl2N2O4S/c12-2-1-3-20(17,18)15-8-5-10-9(4-7(8)13)14-11(16)6-19-10/h4-5,15H,1-3,6H2,(H,14,16). The molecule has 1 aliphatic heterocycles. The summed E-state index contributed by atoms with van der Waals surface area (Å²) in [5, 5.41) is 2.75. The Kier molecular flexibility index (Phi) is 4.62. The molecule has 0 spiro atoms. The molecule has 0 radical (unpaired) electrons. The smallest absolute Gasteiger partial charge is 0.262 e. The topological polar surface area (TPSA) is 84.5 Å². The number of amides is 1. The Labute approximate surface area is 126 Å². The van der Waals surface area contributed by atoms with Gasteiger partial charge >= 0.3 is 0 Å². The summed E-state index contributed by atoms with van der Waals surface area (Å²) in [5.41, 5.74) is 0.617. The minimum absolute atomic E-state index is 0.0957. The van der Waals surface area contributed by atoms with Gasteiger partial charge in [0.2, 0.25) is 10.0 Å². The quantitative estimate of drug-likeness (QED) is 0.804. The summed E-state index contributed by atoms with van der Waals surface area (Å²) in [5.74, 6) is 0.239. The highest BCUT2D eigenvalue weighted by Crippen LogP contribution is 2.36. The van der Waals surface area contributed by atoms with Crippen molar-refractivity contribution in [3.8, 4) is 5.75 Å². The fourth-order valence-electron chi connectivity index (χ4n) is 1.64. The van der Waals surface area contributed by atoms with Gasteiger partial charge in [0.1, 0.15) is 5.75 Å². The van der Waals surface area contributed by atoms with E-state index in [1.54, 1.807) is 0 Å². The Morgan fingerprint density at radius 1 is 1.40 bits per heavy atom. The fourth-order valence-corrected chi connectivity index (χ4v) is 3.33. The lowest BCUT2D eigenvalue weighted by Gasteiger charge is -2.19. The third-order valence-corrected chi connectivity index (χ3v) is 4.45. The first-order valence-electron chi connectivity index (χ1n) is 5.74. The van der Waals surface area contributed by atoms with Crippen LogP contribution in [0.5, 0.6) is 5.75 Å². The third kappa shape index (κ3) is 3.68. The largest absolute Gasteiger partial charge is 0.482 e. The van der Waals surface area contributed by atoms with E-state index in [0.29, 0.717) is 17.9 Å². The van der Waals surface area contributed by atoms with Gasteiger partial charge in [-0.05, 0) is 12.5 Å². The number of hydrogen-bond acceptors (Lipinski definition) is 4. The molecule has 0 fully saturated rings. The number of benzene rings is 1. The van der Waals surface area contributed by atoms with Gasteiger partial charge in [-0.1, -0.05) is 11.6 Å². The van der Waals surface area contributed by atoms with Crippen LogP contribution in [0.15, 0.2) is 12.1 Å². The molecule has 0 atom stereocenters. The van der Waals surface area contributed by atoms with Crippen molar-refractivity contribution in [1.82, 2.24) is 0 Å². The van der Waals surface area contributed by atoms with E-state index >= 15 is 0 Å². The molecule has 9 heteroatoms. The molecule has 1 aliphatic rings. The molecule has 0 aliphatic carbocycles. The number of anilines is 2. The molecule has 0 bridgehead atoms. The van der Waals surface area contributed by atoms with Crippen LogP contribution in [-0.2, 0) is 14.8 Å². The highest BCUT2D eigenvalue weighted by Gasteiger charge is 2.20. The number of carbonyl (C=O) groups is 1. The number of hydrogen-bond donors (Lipinski definition) is 2. The second-order valence-electron chi connectivity index (χ2n) is 4.13. The molecule has 0 saturated heterocycles. The van der Waals surface area contributed by atoms with Crippen LogP contribution in [0, 0.1) is 0 Å². The number of fused-ring (bicyclic) bond motifs is 1. The fraction of sp³-hybridized carbons (Fsp3) is 0.364. The third-order valence-electron chi connectivity index (χ3n) is 2.51. The maximum Gasteiger partial charge on any atom is 0.262 e. The van der Waals surface area contributed by atoms with Gasteiger partial charge in [-0.3, -0.25) is 9.52 Å². The van der Waals surface area contributed by atoms with Crippen molar-refractivity contribution >= 4 is 50.5 Å². The molecular weight excluding hydrogens is 327 g/mol. The number of alkyl halides is 1. The molecule has 2 N–H and O–H groups in total. The van der Waals surface area contributed by atoms with Gasteiger partial charge in [0.15, 0.2) is 6.61 Å². The molecule has 0 saturated carbocycles. The molecule has 0 unspecified atom stereocenters. The molecule has 6 nitrogen and oxygen atoms in total. The molecule has 1 amide bonds. The van der Waals surface area contributed by atoms with Crippen molar-refractivity contribution in [3.63, 3.8) is 0 Å². The van der Waals surface area contributed by atoms with Crippen molar-refractivity contribution in [2.45, 2.75) is 6.42 Å². The van der Waals surface area contributed by atoms with Gasteiger partial charge < -0.3 is 10.1 Å². The van der Waals surface area contributed by atoms with E-state index in [1.807, 2.05) is 0 Å². The lowest BCUT2D eigenvalue weighted by Crippen LogP contribution is -2.25. The lowest BCUT2D eigenvalue weighted by atomic mass is 10.2. The summed E-state index contributed by atoms with van der Waals surface area (Å²) >= 11 is 11.5. The highest BCUT2D eigenvalue weighted by atomic mass is 35.5. The van der Waals surface area contributed by atoms with Crippen LogP contribution in [-0.4, -0.2) is 32.6 Å². The molecule has 0 aromatic heterocycles. The van der Waals surface area contributed by atoms with Gasteiger partial charge in [0.05, 0.1) is 22.2 Å². The van der Waals surface area contributed by atoms with Crippen LogP contribution in [0.2, 0.25) is 5.02 Å². The molecule has 20 heavy (non-hydrogen) atoms. The number of nitrogens with one attached hydrogen (secondary N) is 2. The van der Waals surface area contributed by atoms with E-state index in [9.17, 15) is 13.2 Å². The van der Waals surface area contributed by atoms with Crippen LogP contribution in [0.25, 0.3) is 0 Å². The Hall–Kier alpha value is -1.18. The molecule has 1 heterocycles. The number of ether oxygens (including phenoxy) is 1. The summed E-state index contributed by atoms with van der Waals surface area (Å²) in [4.78, 5) is 11.2. The first-order valence-corrected chi connectivity index (χ1v) is 8.30. The van der Waals surface area contributed by atoms with Crippen LogP contribution < -0.4 is 14.8 Å². The van der Waals surface area contributed by atoms with Crippen LogP contribution in [0.1, 0.15) is 6.42 Å². The van der Waals surface area contributed by atoms with Gasteiger partial charge in [0, 0.05) is 11.9 Å². The maximum atomic E-state index is 11.8. The van der Waals surface area contributed by atoms with E-state index in [2.05, 4.69) is 10.0 Å². The summed E-state index contributed by atoms with van der Waals surface area (Å²) in [6, 6.07) is 2.88. The molecule has 1 aromatic carbocycles. The van der Waals surface area contributed by atoms with Crippen molar-refractivity contribution in [2.75, 3.05) is 28.3 Å². The predicted octanol–water partition coefficient (Wildman–Crippen LogP) is 2.04. The molecule has 1 aromatic rings. The average molecular weight is 339 g/mol. The monoisotopic (exact) mass is 338 g/mol. The van der Waals surface area contributed by atoms with E-state index in [4.69, 9.17) is 27.9 Å². The van der Waals surface area contributed by atoms with Crippen molar-refractivity contribution < 1.29 is 17.9 Å². The average Bonchev–Trinajstić information content (AvgIpc) is 2.37. The molecular formula is C11H12Cl2N2O4S. The van der Waals surface area contributed by atoms with Gasteiger partial charge in [-0.15, -0.1) is 11.6 Å². The normalized spacial score (nSPS) is 14.2. The lowest BCUT2D eigenvalue weighted by molar-refractivity contribution is -0.118. The second-order valence-corrected chi connectivity index (χ2v) is 6.76. The first kappa shape index (κ1) is 15.2. The summed E-state index contributed by atoms with van der Waals surface area (Å²) in [6.45, 7) is -0.118. The maximum absolute atomic E-state index is 11.8. The summed E-state index contributed by atoms with van der Waals surface area (Å²) in [6.07, 6.45) is 0.339. The number of rotatable bonds is 5. The number of sulfonamides is 1. The van der Waals surface area contributed by atoms with Crippen LogP contribution >= 0.6 is 23.2 Å². The molecule has 110 valence electrons. The van der Waals surface area contributed by atoms with Crippen LogP contribution in [0.3, 0.4) is 0 Å². The number of carbonyl (C=O) groups excluding carboxylic acids is 1. The van der Waals surface area contributed by atoms with Crippen LogP contribution in [0.4, 0.5) is 11.4 Å². The zero-order chi connectivity index (χ0) is 14.8. The zero-order valence-electron chi connectivity index (χ0n) is 10.3. The minimum Gasteiger partial charge on any atom is -0.482 e. The van der Waals surface area contributed by atoms with E-state index in [1.165, 1.54) is 12.1 Å². The predicted molar refractivity (Wildman–Crippen MR) is 78.3 cm³/mol. The highest BCUT2D eigenvalue weighted by molar-refractivity contribution is 7.92.